The molecule has 2 aromatic heterocycles. The average molecular weight is 608 g/mol. The van der Waals surface area contributed by atoms with Crippen LogP contribution in [0.5, 0.6) is 23.3 Å². The Labute approximate surface area is 231 Å². The van der Waals surface area contributed by atoms with Crippen LogP contribution in [0.4, 0.5) is 35.1 Å². The third-order valence-corrected chi connectivity index (χ3v) is 8.91. The molecule has 3 aromatic carbocycles. The number of hydrogen-bond donors (Lipinski definition) is 0. The molecule has 5 nitrogen and oxygen atoms in total. The number of aromatic nitrogens is 2. The largest absolute Gasteiger partial charge is 0.433 e. The summed E-state index contributed by atoms with van der Waals surface area (Å²) in [5.74, 6) is -23.0. The Morgan fingerprint density at radius 3 is 1.17 bits per heavy atom. The van der Waals surface area contributed by atoms with Gasteiger partial charge in [0.2, 0.25) is 46.5 Å². The van der Waals surface area contributed by atoms with Crippen LogP contribution in [0.1, 0.15) is 0 Å². The van der Waals surface area contributed by atoms with Crippen molar-refractivity contribution in [3.05, 3.63) is 126 Å². The second kappa shape index (κ2) is 11.2. The highest BCUT2D eigenvalue weighted by Crippen LogP contribution is 2.49. The molecule has 42 heavy (non-hydrogen) atoms. The van der Waals surface area contributed by atoms with Crippen LogP contribution >= 0.6 is 7.14 Å². The van der Waals surface area contributed by atoms with Crippen molar-refractivity contribution in [3.63, 3.8) is 0 Å². The van der Waals surface area contributed by atoms with Gasteiger partial charge in [0.25, 0.3) is 0 Å². The van der Waals surface area contributed by atoms with Crippen LogP contribution in [0.15, 0.2) is 79.1 Å². The third-order valence-electron chi connectivity index (χ3n) is 5.84. The van der Waals surface area contributed by atoms with Gasteiger partial charge in [-0.25, -0.2) is 27.5 Å². The Bertz CT molecular complexity index is 1680. The third kappa shape index (κ3) is 4.75. The van der Waals surface area contributed by atoms with Crippen LogP contribution in [-0.4, -0.2) is 9.97 Å². The minimum Gasteiger partial charge on any atom is -0.433 e. The molecule has 0 unspecified atom stereocenters. The standard InChI is InChI=1S/C28H13F8N2O3P/c29-17-21(33)27(22(34)18(30)25(17)40-15-10-4-6-12-37-15)42(39,14-8-2-1-3-9-14)28-23(35)19(31)26(20(32)24(28)36)41-16-11-5-7-13-38-16/h1-13H. The molecule has 5 rings (SSSR count). The molecule has 2 heterocycles. The van der Waals surface area contributed by atoms with Crippen molar-refractivity contribution in [1.82, 2.24) is 9.97 Å². The van der Waals surface area contributed by atoms with Crippen LogP contribution in [0.2, 0.25) is 0 Å². The molecule has 0 aliphatic heterocycles. The minimum absolute atomic E-state index is 0.502. The van der Waals surface area contributed by atoms with Crippen LogP contribution in [-0.2, 0) is 4.57 Å². The van der Waals surface area contributed by atoms with Gasteiger partial charge in [-0.15, -0.1) is 0 Å². The molecule has 0 bridgehead atoms. The Hall–Kier alpha value is -4.77. The number of hydrogen-bond acceptors (Lipinski definition) is 5. The van der Waals surface area contributed by atoms with Gasteiger partial charge in [0.15, 0.2) is 30.4 Å². The zero-order valence-corrected chi connectivity index (χ0v) is 21.5. The number of nitrogens with zero attached hydrogens (tertiary/aromatic N) is 2. The molecule has 214 valence electrons. The lowest BCUT2D eigenvalue weighted by atomic mass is 10.2. The quantitative estimate of drug-likeness (QED) is 0.115. The van der Waals surface area contributed by atoms with Crippen molar-refractivity contribution in [2.75, 3.05) is 0 Å². The van der Waals surface area contributed by atoms with E-state index in [1.54, 1.807) is 0 Å². The molecular weight excluding hydrogens is 595 g/mol. The molecule has 0 N–H and O–H groups in total. The first-order valence-electron chi connectivity index (χ1n) is 11.6. The van der Waals surface area contributed by atoms with E-state index in [0.717, 1.165) is 48.8 Å². The van der Waals surface area contributed by atoms with Gasteiger partial charge in [-0.1, -0.05) is 42.5 Å². The summed E-state index contributed by atoms with van der Waals surface area (Å²) >= 11 is 0. The predicted octanol–water partition coefficient (Wildman–Crippen LogP) is 6.81. The van der Waals surface area contributed by atoms with Gasteiger partial charge in [-0.3, -0.25) is 0 Å². The van der Waals surface area contributed by atoms with Gasteiger partial charge in [0.1, 0.15) is 0 Å². The van der Waals surface area contributed by atoms with E-state index in [2.05, 4.69) is 9.97 Å². The van der Waals surface area contributed by atoms with Crippen molar-refractivity contribution in [1.29, 1.82) is 0 Å². The smallest absolute Gasteiger partial charge is 0.219 e. The normalized spacial score (nSPS) is 11.4. The average Bonchev–Trinajstić information content (AvgIpc) is 3.01. The minimum atomic E-state index is -5.84. The number of pyridine rings is 2. The van der Waals surface area contributed by atoms with Crippen LogP contribution < -0.4 is 25.4 Å². The number of rotatable bonds is 7. The lowest BCUT2D eigenvalue weighted by molar-refractivity contribution is 0.361. The summed E-state index contributed by atoms with van der Waals surface area (Å²) in [6.45, 7) is 0. The van der Waals surface area contributed by atoms with E-state index in [9.17, 15) is 4.57 Å². The molecule has 0 saturated carbocycles. The van der Waals surface area contributed by atoms with E-state index < -0.39 is 92.9 Å². The maximum absolute atomic E-state index is 15.6. The van der Waals surface area contributed by atoms with Crippen molar-refractivity contribution in [2.45, 2.75) is 0 Å². The van der Waals surface area contributed by atoms with E-state index >= 15 is 35.1 Å². The lowest BCUT2D eigenvalue weighted by Gasteiger charge is -2.24. The summed E-state index contributed by atoms with van der Waals surface area (Å²) in [5, 5.41) is -4.89. The topological polar surface area (TPSA) is 61.3 Å². The maximum Gasteiger partial charge on any atom is 0.219 e. The molecule has 0 saturated heterocycles. The van der Waals surface area contributed by atoms with E-state index in [1.807, 2.05) is 0 Å². The van der Waals surface area contributed by atoms with Crippen molar-refractivity contribution in [3.8, 4) is 23.3 Å². The highest BCUT2D eigenvalue weighted by Gasteiger charge is 2.46. The summed E-state index contributed by atoms with van der Waals surface area (Å²) in [5.41, 5.74) is 0. The summed E-state index contributed by atoms with van der Waals surface area (Å²) in [7, 11) is -5.84. The highest BCUT2D eigenvalue weighted by molar-refractivity contribution is 7.85. The SMILES string of the molecule is O=P(c1ccccc1)(c1c(F)c(F)c(Oc2ccccn2)c(F)c1F)c1c(F)c(F)c(Oc2ccccn2)c(F)c1F. The molecule has 14 heteroatoms. The highest BCUT2D eigenvalue weighted by atomic mass is 31.2. The lowest BCUT2D eigenvalue weighted by Crippen LogP contribution is -2.35. The first-order chi connectivity index (χ1) is 20.1. The second-order valence-electron chi connectivity index (χ2n) is 8.35. The molecule has 5 aromatic rings. The van der Waals surface area contributed by atoms with Gasteiger partial charge in [0, 0.05) is 29.8 Å². The van der Waals surface area contributed by atoms with Gasteiger partial charge >= 0.3 is 0 Å². The molecule has 0 aliphatic rings. The summed E-state index contributed by atoms with van der Waals surface area (Å²) in [6, 6.07) is 12.8. The van der Waals surface area contributed by atoms with E-state index in [0.29, 0.717) is 0 Å². The molecule has 0 fully saturated rings. The maximum atomic E-state index is 15.6. The molecular formula is C28H13F8N2O3P. The zero-order valence-electron chi connectivity index (χ0n) is 20.6. The number of halogens is 8. The van der Waals surface area contributed by atoms with E-state index in [1.165, 1.54) is 30.3 Å². The van der Waals surface area contributed by atoms with Crippen molar-refractivity contribution < 1.29 is 49.2 Å². The monoisotopic (exact) mass is 608 g/mol. The fraction of sp³-hybridized carbons (Fsp3) is 0. The van der Waals surface area contributed by atoms with Crippen molar-refractivity contribution in [2.24, 2.45) is 0 Å². The molecule has 0 spiro atoms. The van der Waals surface area contributed by atoms with Crippen LogP contribution in [0.25, 0.3) is 0 Å². The first-order valence-corrected chi connectivity index (χ1v) is 13.3. The van der Waals surface area contributed by atoms with Gasteiger partial charge in [0.05, 0.1) is 10.6 Å². The molecule has 0 radical (unpaired) electrons. The Morgan fingerprint density at radius 1 is 0.476 bits per heavy atom. The Balaban J connectivity index is 1.80. The Morgan fingerprint density at radius 2 is 0.833 bits per heavy atom. The first kappa shape index (κ1) is 28.7. The molecule has 0 amide bonds. The second-order valence-corrected chi connectivity index (χ2v) is 11.0. The molecule has 0 atom stereocenters. The van der Waals surface area contributed by atoms with E-state index in [-0.39, 0.29) is 0 Å². The fourth-order valence-electron chi connectivity index (χ4n) is 3.96. The van der Waals surface area contributed by atoms with E-state index in [4.69, 9.17) is 9.47 Å². The van der Waals surface area contributed by atoms with Gasteiger partial charge < -0.3 is 14.0 Å². The fourth-order valence-corrected chi connectivity index (χ4v) is 6.79. The summed E-state index contributed by atoms with van der Waals surface area (Å²) in [6.07, 6.45) is 2.26. The van der Waals surface area contributed by atoms with Gasteiger partial charge in [-0.2, -0.15) is 17.6 Å². The van der Waals surface area contributed by atoms with Gasteiger partial charge in [-0.05, 0) is 12.1 Å². The van der Waals surface area contributed by atoms with Crippen molar-refractivity contribution >= 4 is 23.1 Å². The van der Waals surface area contributed by atoms with Crippen LogP contribution in [0, 0.1) is 46.5 Å². The zero-order chi connectivity index (χ0) is 30.2. The number of ether oxygens (including phenoxy) is 2. The summed E-state index contributed by atoms with van der Waals surface area (Å²) < 4.78 is 147. The predicted molar refractivity (Wildman–Crippen MR) is 134 cm³/mol. The van der Waals surface area contributed by atoms with Crippen LogP contribution in [0.3, 0.4) is 0 Å². The Kier molecular flexibility index (Phi) is 7.70. The molecule has 0 aliphatic carbocycles. The summed E-state index contributed by atoms with van der Waals surface area (Å²) in [4.78, 5) is 7.22. The number of benzene rings is 3.